The normalized spacial score (nSPS) is 21.0. The lowest BCUT2D eigenvalue weighted by atomic mass is 10.1. The Balaban J connectivity index is 1.59. The highest BCUT2D eigenvalue weighted by Crippen LogP contribution is 2.26. The Morgan fingerprint density at radius 2 is 2.08 bits per heavy atom. The molecule has 8 heteroatoms. The van der Waals surface area contributed by atoms with Crippen LogP contribution in [-0.2, 0) is 4.74 Å². The van der Waals surface area contributed by atoms with Gasteiger partial charge in [-0.15, -0.1) is 0 Å². The second-order valence-electron chi connectivity index (χ2n) is 6.24. The third-order valence-electron chi connectivity index (χ3n) is 4.11. The zero-order chi connectivity index (χ0) is 17.6. The molecule has 1 saturated heterocycles. The van der Waals surface area contributed by atoms with Gasteiger partial charge in [0.2, 0.25) is 0 Å². The zero-order valence-electron chi connectivity index (χ0n) is 14.2. The molecule has 1 aliphatic rings. The fraction of sp³-hybridized carbons (Fsp3) is 0.412. The standard InChI is InChI=1S/C17H18N4O4/c1-9-7-21(8-15(23-9)16-18-10(2)20-25-16)17(22)12-4-5-14-13(6-12)19-11(3)24-14/h4-6,9,15H,7-8H2,1-3H3/t9-,15-/m1/s1. The SMILES string of the molecule is Cc1noc([C@H]2CN(C(=O)c3ccc4oc(C)nc4c3)C[C@@H](C)O2)n1. The molecule has 0 radical (unpaired) electrons. The van der Waals surface area contributed by atoms with Gasteiger partial charge in [0.1, 0.15) is 5.52 Å². The molecule has 1 aromatic carbocycles. The van der Waals surface area contributed by atoms with Gasteiger partial charge in [0.05, 0.1) is 12.6 Å². The van der Waals surface area contributed by atoms with E-state index in [1.54, 1.807) is 36.9 Å². The number of fused-ring (bicyclic) bond motifs is 1. The van der Waals surface area contributed by atoms with Gasteiger partial charge < -0.3 is 18.6 Å². The van der Waals surface area contributed by atoms with Crippen LogP contribution in [0, 0.1) is 13.8 Å². The molecule has 0 spiro atoms. The number of aryl methyl sites for hydroxylation is 2. The predicted octanol–water partition coefficient (Wildman–Crippen LogP) is 2.43. The minimum Gasteiger partial charge on any atom is -0.441 e. The van der Waals surface area contributed by atoms with Crippen LogP contribution in [0.5, 0.6) is 0 Å². The van der Waals surface area contributed by atoms with Crippen LogP contribution in [0.4, 0.5) is 0 Å². The molecule has 1 amide bonds. The molecule has 25 heavy (non-hydrogen) atoms. The molecule has 130 valence electrons. The first-order valence-corrected chi connectivity index (χ1v) is 8.12. The van der Waals surface area contributed by atoms with Crippen molar-refractivity contribution in [3.05, 3.63) is 41.4 Å². The number of ether oxygens (including phenoxy) is 1. The van der Waals surface area contributed by atoms with Gasteiger partial charge in [-0.1, -0.05) is 5.16 Å². The fourth-order valence-electron chi connectivity index (χ4n) is 3.06. The summed E-state index contributed by atoms with van der Waals surface area (Å²) in [7, 11) is 0. The number of benzene rings is 1. The maximum Gasteiger partial charge on any atom is 0.257 e. The van der Waals surface area contributed by atoms with Crippen molar-refractivity contribution in [2.75, 3.05) is 13.1 Å². The molecular formula is C17H18N4O4. The number of nitrogens with zero attached hydrogens (tertiary/aromatic N) is 4. The summed E-state index contributed by atoms with van der Waals surface area (Å²) in [5.74, 6) is 1.43. The van der Waals surface area contributed by atoms with Crippen LogP contribution < -0.4 is 0 Å². The van der Waals surface area contributed by atoms with E-state index in [1.807, 2.05) is 6.92 Å². The van der Waals surface area contributed by atoms with Crippen molar-refractivity contribution in [1.82, 2.24) is 20.0 Å². The van der Waals surface area contributed by atoms with E-state index in [0.29, 0.717) is 47.4 Å². The van der Waals surface area contributed by atoms with E-state index in [1.165, 1.54) is 0 Å². The minimum absolute atomic E-state index is 0.0843. The van der Waals surface area contributed by atoms with Crippen LogP contribution in [0.15, 0.2) is 27.1 Å². The number of oxazole rings is 1. The van der Waals surface area contributed by atoms with Gasteiger partial charge in [0.15, 0.2) is 23.4 Å². The van der Waals surface area contributed by atoms with Crippen LogP contribution in [0.25, 0.3) is 11.1 Å². The van der Waals surface area contributed by atoms with Gasteiger partial charge in [-0.3, -0.25) is 4.79 Å². The molecule has 0 bridgehead atoms. The highest BCUT2D eigenvalue weighted by Gasteiger charge is 2.33. The lowest BCUT2D eigenvalue weighted by Gasteiger charge is -2.35. The maximum absolute atomic E-state index is 12.9. The van der Waals surface area contributed by atoms with Crippen molar-refractivity contribution in [3.63, 3.8) is 0 Å². The third kappa shape index (κ3) is 3.00. The van der Waals surface area contributed by atoms with Crippen molar-refractivity contribution < 1.29 is 18.5 Å². The Bertz CT molecular complexity index is 932. The number of hydrogen-bond donors (Lipinski definition) is 0. The summed E-state index contributed by atoms with van der Waals surface area (Å²) in [4.78, 5) is 23.2. The van der Waals surface area contributed by atoms with Crippen molar-refractivity contribution in [1.29, 1.82) is 0 Å². The van der Waals surface area contributed by atoms with Gasteiger partial charge in [0, 0.05) is 19.0 Å². The van der Waals surface area contributed by atoms with E-state index >= 15 is 0 Å². The topological polar surface area (TPSA) is 94.5 Å². The van der Waals surface area contributed by atoms with Gasteiger partial charge >= 0.3 is 0 Å². The molecule has 2 atom stereocenters. The molecule has 2 aromatic heterocycles. The summed E-state index contributed by atoms with van der Waals surface area (Å²) < 4.78 is 16.5. The molecule has 1 fully saturated rings. The average Bonchev–Trinajstić information content (AvgIpc) is 3.17. The van der Waals surface area contributed by atoms with Gasteiger partial charge in [-0.25, -0.2) is 4.98 Å². The molecule has 0 unspecified atom stereocenters. The van der Waals surface area contributed by atoms with E-state index in [0.717, 1.165) is 0 Å². The average molecular weight is 342 g/mol. The second kappa shape index (κ2) is 5.96. The smallest absolute Gasteiger partial charge is 0.257 e. The first-order chi connectivity index (χ1) is 12.0. The molecule has 0 aliphatic carbocycles. The zero-order valence-corrected chi connectivity index (χ0v) is 14.2. The van der Waals surface area contributed by atoms with Crippen molar-refractivity contribution in [2.45, 2.75) is 33.0 Å². The highest BCUT2D eigenvalue weighted by atomic mass is 16.5. The van der Waals surface area contributed by atoms with E-state index in [-0.39, 0.29) is 12.0 Å². The first kappa shape index (κ1) is 15.8. The summed E-state index contributed by atoms with van der Waals surface area (Å²) in [6.07, 6.45) is -0.556. The van der Waals surface area contributed by atoms with Crippen LogP contribution in [0.2, 0.25) is 0 Å². The van der Waals surface area contributed by atoms with Crippen LogP contribution in [0.3, 0.4) is 0 Å². The number of carbonyl (C=O) groups excluding carboxylic acids is 1. The van der Waals surface area contributed by atoms with Crippen LogP contribution >= 0.6 is 0 Å². The summed E-state index contributed by atoms with van der Waals surface area (Å²) in [6.45, 7) is 6.30. The van der Waals surface area contributed by atoms with Crippen molar-refractivity contribution in [3.8, 4) is 0 Å². The largest absolute Gasteiger partial charge is 0.441 e. The molecule has 8 nitrogen and oxygen atoms in total. The number of carbonyl (C=O) groups is 1. The van der Waals surface area contributed by atoms with Crippen LogP contribution in [0.1, 0.15) is 41.0 Å². The van der Waals surface area contributed by atoms with E-state index in [4.69, 9.17) is 13.7 Å². The lowest BCUT2D eigenvalue weighted by Crippen LogP contribution is -2.46. The van der Waals surface area contributed by atoms with Gasteiger partial charge in [0.25, 0.3) is 11.8 Å². The van der Waals surface area contributed by atoms with E-state index in [2.05, 4.69) is 15.1 Å². The number of hydrogen-bond acceptors (Lipinski definition) is 7. The number of rotatable bonds is 2. The lowest BCUT2D eigenvalue weighted by molar-refractivity contribution is -0.0810. The summed E-state index contributed by atoms with van der Waals surface area (Å²) in [6, 6.07) is 5.27. The predicted molar refractivity (Wildman–Crippen MR) is 87.0 cm³/mol. The van der Waals surface area contributed by atoms with E-state index < -0.39 is 6.10 Å². The third-order valence-corrected chi connectivity index (χ3v) is 4.11. The summed E-state index contributed by atoms with van der Waals surface area (Å²) in [5.41, 5.74) is 1.91. The molecule has 0 N–H and O–H groups in total. The molecule has 3 aromatic rings. The van der Waals surface area contributed by atoms with Crippen molar-refractivity contribution in [2.24, 2.45) is 0 Å². The Morgan fingerprint density at radius 3 is 2.84 bits per heavy atom. The highest BCUT2D eigenvalue weighted by molar-refractivity contribution is 5.97. The Morgan fingerprint density at radius 1 is 1.24 bits per heavy atom. The summed E-state index contributed by atoms with van der Waals surface area (Å²) in [5, 5.41) is 3.79. The Labute approximate surface area is 143 Å². The first-order valence-electron chi connectivity index (χ1n) is 8.12. The van der Waals surface area contributed by atoms with Crippen molar-refractivity contribution >= 4 is 17.0 Å². The molecule has 0 saturated carbocycles. The Hall–Kier alpha value is -2.74. The summed E-state index contributed by atoms with van der Waals surface area (Å²) >= 11 is 0. The number of morpholine rings is 1. The number of aromatic nitrogens is 3. The molecule has 4 rings (SSSR count). The number of amides is 1. The second-order valence-corrected chi connectivity index (χ2v) is 6.24. The maximum atomic E-state index is 12.9. The van der Waals surface area contributed by atoms with E-state index in [9.17, 15) is 4.79 Å². The van der Waals surface area contributed by atoms with Gasteiger partial charge in [-0.2, -0.15) is 4.98 Å². The minimum atomic E-state index is -0.424. The quantitative estimate of drug-likeness (QED) is 0.706. The molecular weight excluding hydrogens is 324 g/mol. The van der Waals surface area contributed by atoms with Gasteiger partial charge in [-0.05, 0) is 32.0 Å². The fourth-order valence-corrected chi connectivity index (χ4v) is 3.06. The molecule has 1 aliphatic heterocycles. The Kier molecular flexibility index (Phi) is 3.76. The molecule has 3 heterocycles. The monoisotopic (exact) mass is 342 g/mol. The van der Waals surface area contributed by atoms with Crippen LogP contribution in [-0.4, -0.2) is 45.1 Å².